The quantitative estimate of drug-likeness (QED) is 0.658. The highest BCUT2D eigenvalue weighted by atomic mass is 32.2. The number of anilines is 1. The molecule has 1 aliphatic rings. The Kier molecular flexibility index (Phi) is 5.05. The third kappa shape index (κ3) is 4.01. The number of benzene rings is 1. The molecule has 28 heavy (non-hydrogen) atoms. The number of carbonyl (C=O) groups excluding carboxylic acids is 1. The zero-order valence-corrected chi connectivity index (χ0v) is 17.4. The molecule has 0 bridgehead atoms. The van der Waals surface area contributed by atoms with Crippen molar-refractivity contribution in [1.29, 1.82) is 0 Å². The lowest BCUT2D eigenvalue weighted by Gasteiger charge is -2.19. The minimum atomic E-state index is -3.32. The Hall–Kier alpha value is -2.49. The fraction of sp³-hybridized carbons (Fsp3) is 0.158. The second-order valence-electron chi connectivity index (χ2n) is 6.36. The number of sulfonamides is 1. The number of hydrazone groups is 1. The first-order valence-electron chi connectivity index (χ1n) is 8.47. The van der Waals surface area contributed by atoms with Crippen molar-refractivity contribution in [2.45, 2.75) is 12.5 Å². The van der Waals surface area contributed by atoms with E-state index in [0.29, 0.717) is 17.0 Å². The zero-order chi connectivity index (χ0) is 19.7. The van der Waals surface area contributed by atoms with E-state index >= 15 is 0 Å². The monoisotopic (exact) mass is 431 g/mol. The summed E-state index contributed by atoms with van der Waals surface area (Å²) in [5, 5.41) is 10.1. The predicted octanol–water partition coefficient (Wildman–Crippen LogP) is 4.17. The second kappa shape index (κ2) is 7.50. The molecule has 0 saturated heterocycles. The molecule has 3 aromatic rings. The minimum absolute atomic E-state index is 0.112. The SMILES string of the molecule is CS(=O)(=O)Nc1ccc(C2=NN(C(=O)c3cccs3)[C@@H](c3cccs3)C2)cc1. The molecule has 1 aliphatic heterocycles. The summed E-state index contributed by atoms with van der Waals surface area (Å²) in [6.45, 7) is 0. The van der Waals surface area contributed by atoms with Gasteiger partial charge in [-0.3, -0.25) is 9.52 Å². The molecule has 0 unspecified atom stereocenters. The van der Waals surface area contributed by atoms with Crippen LogP contribution >= 0.6 is 22.7 Å². The van der Waals surface area contributed by atoms with E-state index in [1.54, 1.807) is 34.5 Å². The minimum Gasteiger partial charge on any atom is -0.284 e. The van der Waals surface area contributed by atoms with E-state index in [9.17, 15) is 13.2 Å². The van der Waals surface area contributed by atoms with Crippen LogP contribution in [0.5, 0.6) is 0 Å². The Bertz CT molecular complexity index is 1100. The molecule has 0 aliphatic carbocycles. The van der Waals surface area contributed by atoms with Gasteiger partial charge in [0.05, 0.1) is 22.9 Å². The molecule has 3 heterocycles. The van der Waals surface area contributed by atoms with Crippen LogP contribution in [0.3, 0.4) is 0 Å². The maximum absolute atomic E-state index is 13.0. The normalized spacial score (nSPS) is 16.8. The lowest BCUT2D eigenvalue weighted by atomic mass is 10.0. The van der Waals surface area contributed by atoms with Gasteiger partial charge < -0.3 is 0 Å². The largest absolute Gasteiger partial charge is 0.284 e. The molecule has 1 N–H and O–H groups in total. The summed E-state index contributed by atoms with van der Waals surface area (Å²) >= 11 is 3.00. The van der Waals surface area contributed by atoms with Crippen molar-refractivity contribution in [2.75, 3.05) is 11.0 Å². The first kappa shape index (κ1) is 18.9. The van der Waals surface area contributed by atoms with Crippen molar-refractivity contribution in [3.63, 3.8) is 0 Å². The van der Waals surface area contributed by atoms with Gasteiger partial charge in [0.15, 0.2) is 0 Å². The molecule has 4 rings (SSSR count). The van der Waals surface area contributed by atoms with Crippen molar-refractivity contribution in [1.82, 2.24) is 5.01 Å². The number of nitrogens with one attached hydrogen (secondary N) is 1. The molecular formula is C19H17N3O3S3. The van der Waals surface area contributed by atoms with Gasteiger partial charge in [-0.05, 0) is 40.6 Å². The van der Waals surface area contributed by atoms with Crippen molar-refractivity contribution < 1.29 is 13.2 Å². The van der Waals surface area contributed by atoms with E-state index < -0.39 is 10.0 Å². The Morgan fingerprint density at radius 2 is 1.82 bits per heavy atom. The topological polar surface area (TPSA) is 78.8 Å². The van der Waals surface area contributed by atoms with Crippen molar-refractivity contribution in [2.24, 2.45) is 5.10 Å². The summed E-state index contributed by atoms with van der Waals surface area (Å²) in [6.07, 6.45) is 1.72. The van der Waals surface area contributed by atoms with Gasteiger partial charge in [-0.15, -0.1) is 22.7 Å². The summed E-state index contributed by atoms with van der Waals surface area (Å²) in [6, 6.07) is 14.5. The van der Waals surface area contributed by atoms with Crippen LogP contribution in [0.15, 0.2) is 64.4 Å². The van der Waals surface area contributed by atoms with Gasteiger partial charge in [-0.1, -0.05) is 24.3 Å². The maximum Gasteiger partial charge on any atom is 0.284 e. The molecule has 144 valence electrons. The summed E-state index contributed by atoms with van der Waals surface area (Å²) < 4.78 is 25.2. The number of hydrogen-bond acceptors (Lipinski definition) is 6. The third-order valence-electron chi connectivity index (χ3n) is 4.24. The standard InChI is InChI=1S/C19H17N3O3S3/c1-28(24,25)21-14-8-6-13(7-9-14)15-12-16(17-4-2-10-26-17)22(20-15)19(23)18-5-3-11-27-18/h2-11,16,21H,12H2,1H3/t16-/m1/s1. The molecule has 1 atom stereocenters. The number of hydrogen-bond donors (Lipinski definition) is 1. The van der Waals surface area contributed by atoms with Gasteiger partial charge in [0.1, 0.15) is 0 Å². The molecule has 0 spiro atoms. The Balaban J connectivity index is 1.64. The number of thiophene rings is 2. The summed E-state index contributed by atoms with van der Waals surface area (Å²) in [4.78, 5) is 14.7. The molecule has 0 fully saturated rings. The van der Waals surface area contributed by atoms with Gasteiger partial charge >= 0.3 is 0 Å². The maximum atomic E-state index is 13.0. The smallest absolute Gasteiger partial charge is 0.284 e. The molecule has 6 nitrogen and oxygen atoms in total. The molecule has 2 aromatic heterocycles. The third-order valence-corrected chi connectivity index (χ3v) is 6.68. The van der Waals surface area contributed by atoms with E-state index in [1.807, 2.05) is 41.1 Å². The van der Waals surface area contributed by atoms with Crippen LogP contribution in [0.1, 0.15) is 32.6 Å². The Labute approximate surface area is 171 Å². The summed E-state index contributed by atoms with van der Waals surface area (Å²) in [5.74, 6) is -0.112. The lowest BCUT2D eigenvalue weighted by molar-refractivity contribution is 0.0719. The molecule has 1 amide bonds. The Morgan fingerprint density at radius 3 is 2.43 bits per heavy atom. The molecule has 0 radical (unpaired) electrons. The van der Waals surface area contributed by atoms with Crippen LogP contribution in [0.2, 0.25) is 0 Å². The first-order valence-corrected chi connectivity index (χ1v) is 12.1. The van der Waals surface area contributed by atoms with Crippen LogP contribution in [-0.4, -0.2) is 31.3 Å². The molecule has 0 saturated carbocycles. The van der Waals surface area contributed by atoms with Gasteiger partial charge in [-0.25, -0.2) is 13.4 Å². The van der Waals surface area contributed by atoms with Gasteiger partial charge in [0.2, 0.25) is 10.0 Å². The van der Waals surface area contributed by atoms with E-state index in [0.717, 1.165) is 22.4 Å². The van der Waals surface area contributed by atoms with E-state index in [4.69, 9.17) is 0 Å². The van der Waals surface area contributed by atoms with Crippen molar-refractivity contribution in [3.8, 4) is 0 Å². The number of nitrogens with zero attached hydrogens (tertiary/aromatic N) is 2. The lowest BCUT2D eigenvalue weighted by Crippen LogP contribution is -2.25. The highest BCUT2D eigenvalue weighted by Crippen LogP contribution is 2.36. The highest BCUT2D eigenvalue weighted by molar-refractivity contribution is 7.92. The summed E-state index contributed by atoms with van der Waals surface area (Å²) in [7, 11) is -3.32. The number of amides is 1. The predicted molar refractivity (Wildman–Crippen MR) is 114 cm³/mol. The summed E-state index contributed by atoms with van der Waals surface area (Å²) in [5.41, 5.74) is 2.16. The van der Waals surface area contributed by atoms with Gasteiger partial charge in [0.25, 0.3) is 5.91 Å². The molecular weight excluding hydrogens is 414 g/mol. The average molecular weight is 432 g/mol. The van der Waals surface area contributed by atoms with Gasteiger partial charge in [0, 0.05) is 17.0 Å². The van der Waals surface area contributed by atoms with Crippen molar-refractivity contribution in [3.05, 3.63) is 74.6 Å². The average Bonchev–Trinajstić information content (AvgIpc) is 3.40. The highest BCUT2D eigenvalue weighted by Gasteiger charge is 2.34. The first-order chi connectivity index (χ1) is 13.4. The van der Waals surface area contributed by atoms with Crippen LogP contribution in [-0.2, 0) is 10.0 Å². The molecule has 1 aromatic carbocycles. The second-order valence-corrected chi connectivity index (χ2v) is 10.0. The van der Waals surface area contributed by atoms with Gasteiger partial charge in [-0.2, -0.15) is 5.10 Å². The van der Waals surface area contributed by atoms with Crippen LogP contribution < -0.4 is 4.72 Å². The number of rotatable bonds is 5. The van der Waals surface area contributed by atoms with Crippen LogP contribution in [0.4, 0.5) is 5.69 Å². The molecule has 9 heteroatoms. The Morgan fingerprint density at radius 1 is 1.11 bits per heavy atom. The van der Waals surface area contributed by atoms with E-state index in [1.165, 1.54) is 11.3 Å². The zero-order valence-electron chi connectivity index (χ0n) is 14.9. The fourth-order valence-electron chi connectivity index (χ4n) is 3.03. The fourth-order valence-corrected chi connectivity index (χ4v) is 5.06. The van der Waals surface area contributed by atoms with E-state index in [2.05, 4.69) is 9.82 Å². The van der Waals surface area contributed by atoms with Crippen LogP contribution in [0.25, 0.3) is 0 Å². The van der Waals surface area contributed by atoms with E-state index in [-0.39, 0.29) is 11.9 Å². The van der Waals surface area contributed by atoms with Crippen LogP contribution in [0, 0.1) is 0 Å². The van der Waals surface area contributed by atoms with Crippen molar-refractivity contribution >= 4 is 50.0 Å². The number of carbonyl (C=O) groups is 1.